The Morgan fingerprint density at radius 1 is 1.50 bits per heavy atom. The average molecular weight is 364 g/mol. The highest BCUT2D eigenvalue weighted by Crippen LogP contribution is 2.20. The van der Waals surface area contributed by atoms with Gasteiger partial charge in [0.1, 0.15) is 11.7 Å². The Kier molecular flexibility index (Phi) is 6.42. The Morgan fingerprint density at radius 3 is 2.70 bits per heavy atom. The average Bonchev–Trinajstić information content (AvgIpc) is 2.38. The number of carbonyl (C=O) groups is 2. The first kappa shape index (κ1) is 16.9. The summed E-state index contributed by atoms with van der Waals surface area (Å²) in [6, 6.07) is 1.42. The molecule has 0 aliphatic rings. The zero-order valence-electron chi connectivity index (χ0n) is 11.5. The van der Waals surface area contributed by atoms with Gasteiger partial charge in [-0.25, -0.2) is 4.98 Å². The van der Waals surface area contributed by atoms with Crippen molar-refractivity contribution in [3.05, 3.63) is 27.5 Å². The highest BCUT2D eigenvalue weighted by molar-refractivity contribution is 9.10. The van der Waals surface area contributed by atoms with E-state index in [4.69, 9.17) is 16.3 Å². The summed E-state index contributed by atoms with van der Waals surface area (Å²) >= 11 is 9.18. The number of hydrogen-bond acceptors (Lipinski definition) is 4. The standard InChI is InChI=1S/C13H16BrClN2O3/c1-4-20-11(18)7-17(8(2)3)13(19)10-5-9(14)6-16-12(10)15/h5-6,8H,4,7H2,1-3H3. The molecule has 7 heteroatoms. The maximum Gasteiger partial charge on any atom is 0.325 e. The summed E-state index contributed by atoms with van der Waals surface area (Å²) in [5, 5.41) is 0.104. The summed E-state index contributed by atoms with van der Waals surface area (Å²) in [7, 11) is 0. The van der Waals surface area contributed by atoms with E-state index in [1.807, 2.05) is 13.8 Å². The molecule has 0 fully saturated rings. The van der Waals surface area contributed by atoms with E-state index in [-0.39, 0.29) is 35.8 Å². The molecular formula is C13H16BrClN2O3. The number of carbonyl (C=O) groups excluding carboxylic acids is 2. The van der Waals surface area contributed by atoms with Crippen LogP contribution in [-0.4, -0.2) is 41.0 Å². The summed E-state index contributed by atoms with van der Waals surface area (Å²) in [5.74, 6) is -0.805. The maximum absolute atomic E-state index is 12.5. The van der Waals surface area contributed by atoms with Crippen molar-refractivity contribution in [2.45, 2.75) is 26.8 Å². The third-order valence-corrected chi connectivity index (χ3v) is 3.26. The molecule has 1 rings (SSSR count). The third-order valence-electron chi connectivity index (χ3n) is 2.53. The normalized spacial score (nSPS) is 10.5. The maximum atomic E-state index is 12.5. The van der Waals surface area contributed by atoms with Gasteiger partial charge in [-0.15, -0.1) is 0 Å². The van der Waals surface area contributed by atoms with Crippen molar-refractivity contribution in [2.75, 3.05) is 13.2 Å². The first-order valence-electron chi connectivity index (χ1n) is 6.14. The quantitative estimate of drug-likeness (QED) is 0.596. The molecule has 0 saturated carbocycles. The fraction of sp³-hybridized carbons (Fsp3) is 0.462. The van der Waals surface area contributed by atoms with Crippen LogP contribution in [0, 0.1) is 0 Å². The molecule has 1 aromatic heterocycles. The number of amides is 1. The molecule has 0 N–H and O–H groups in total. The van der Waals surface area contributed by atoms with E-state index in [1.165, 1.54) is 11.1 Å². The predicted molar refractivity (Wildman–Crippen MR) is 79.8 cm³/mol. The van der Waals surface area contributed by atoms with Crippen LogP contribution in [0.1, 0.15) is 31.1 Å². The van der Waals surface area contributed by atoms with Gasteiger partial charge >= 0.3 is 5.97 Å². The van der Waals surface area contributed by atoms with E-state index in [0.717, 1.165) is 0 Å². The van der Waals surface area contributed by atoms with Gasteiger partial charge in [-0.05, 0) is 42.8 Å². The predicted octanol–water partition coefficient (Wildman–Crippen LogP) is 2.91. The number of esters is 1. The van der Waals surface area contributed by atoms with Crippen molar-refractivity contribution in [1.82, 2.24) is 9.88 Å². The number of hydrogen-bond donors (Lipinski definition) is 0. The zero-order chi connectivity index (χ0) is 15.3. The van der Waals surface area contributed by atoms with Gasteiger partial charge in [-0.1, -0.05) is 11.6 Å². The van der Waals surface area contributed by atoms with Crippen molar-refractivity contribution in [1.29, 1.82) is 0 Å². The molecule has 0 radical (unpaired) electrons. The van der Waals surface area contributed by atoms with Crippen LogP contribution in [0.4, 0.5) is 0 Å². The summed E-state index contributed by atoms with van der Waals surface area (Å²) < 4.78 is 5.52. The molecule has 20 heavy (non-hydrogen) atoms. The van der Waals surface area contributed by atoms with Crippen LogP contribution in [0.15, 0.2) is 16.7 Å². The van der Waals surface area contributed by atoms with Gasteiger partial charge in [0.15, 0.2) is 0 Å². The zero-order valence-corrected chi connectivity index (χ0v) is 13.9. The topological polar surface area (TPSA) is 59.5 Å². The fourth-order valence-electron chi connectivity index (χ4n) is 1.56. The van der Waals surface area contributed by atoms with Crippen LogP contribution in [0.5, 0.6) is 0 Å². The van der Waals surface area contributed by atoms with Crippen molar-refractivity contribution >= 4 is 39.4 Å². The Morgan fingerprint density at radius 2 is 2.15 bits per heavy atom. The smallest absolute Gasteiger partial charge is 0.325 e. The van der Waals surface area contributed by atoms with E-state index in [1.54, 1.807) is 13.0 Å². The minimum Gasteiger partial charge on any atom is -0.465 e. The van der Waals surface area contributed by atoms with Crippen LogP contribution in [0.2, 0.25) is 5.15 Å². The molecule has 5 nitrogen and oxygen atoms in total. The number of ether oxygens (including phenoxy) is 1. The molecule has 0 unspecified atom stereocenters. The Bertz CT molecular complexity index is 508. The summed E-state index contributed by atoms with van der Waals surface area (Å²) in [6.45, 7) is 5.51. The number of rotatable bonds is 5. The van der Waals surface area contributed by atoms with Gasteiger partial charge < -0.3 is 9.64 Å². The molecule has 0 saturated heterocycles. The van der Waals surface area contributed by atoms with E-state index in [2.05, 4.69) is 20.9 Å². The molecule has 0 aliphatic heterocycles. The number of nitrogens with zero attached hydrogens (tertiary/aromatic N) is 2. The van der Waals surface area contributed by atoms with Crippen LogP contribution < -0.4 is 0 Å². The monoisotopic (exact) mass is 362 g/mol. The van der Waals surface area contributed by atoms with Crippen LogP contribution in [0.3, 0.4) is 0 Å². The molecule has 1 amide bonds. The van der Waals surface area contributed by atoms with Gasteiger partial charge in [0.05, 0.1) is 12.2 Å². The number of halogens is 2. The first-order chi connectivity index (χ1) is 9.36. The van der Waals surface area contributed by atoms with Crippen molar-refractivity contribution in [3.63, 3.8) is 0 Å². The van der Waals surface area contributed by atoms with E-state index >= 15 is 0 Å². The van der Waals surface area contributed by atoms with E-state index in [9.17, 15) is 9.59 Å². The van der Waals surface area contributed by atoms with Gasteiger partial charge in [0.25, 0.3) is 5.91 Å². The SMILES string of the molecule is CCOC(=O)CN(C(=O)c1cc(Br)cnc1Cl)C(C)C. The van der Waals surface area contributed by atoms with E-state index in [0.29, 0.717) is 4.47 Å². The molecule has 1 aromatic rings. The molecule has 0 bridgehead atoms. The minimum absolute atomic E-state index is 0.104. The van der Waals surface area contributed by atoms with Crippen molar-refractivity contribution < 1.29 is 14.3 Å². The molecule has 110 valence electrons. The third kappa shape index (κ3) is 4.45. The summed E-state index contributed by atoms with van der Waals surface area (Å²) in [4.78, 5) is 29.4. The fourth-order valence-corrected chi connectivity index (χ4v) is 2.08. The number of aromatic nitrogens is 1. The van der Waals surface area contributed by atoms with Gasteiger partial charge in [-0.3, -0.25) is 9.59 Å². The van der Waals surface area contributed by atoms with Crippen molar-refractivity contribution in [2.24, 2.45) is 0 Å². The lowest BCUT2D eigenvalue weighted by molar-refractivity contribution is -0.144. The Balaban J connectivity index is 2.99. The molecule has 0 aromatic carbocycles. The molecule has 1 heterocycles. The largest absolute Gasteiger partial charge is 0.465 e. The highest BCUT2D eigenvalue weighted by Gasteiger charge is 2.24. The second kappa shape index (κ2) is 7.59. The molecule has 0 spiro atoms. The molecular weight excluding hydrogens is 348 g/mol. The molecule has 0 atom stereocenters. The molecule has 0 aliphatic carbocycles. The van der Waals surface area contributed by atoms with Gasteiger partial charge in [-0.2, -0.15) is 0 Å². The van der Waals surface area contributed by atoms with Gasteiger partial charge in [0.2, 0.25) is 0 Å². The Labute approximate surface area is 131 Å². The second-order valence-electron chi connectivity index (χ2n) is 4.32. The Hall–Kier alpha value is -1.14. The second-order valence-corrected chi connectivity index (χ2v) is 5.60. The minimum atomic E-state index is -0.450. The summed E-state index contributed by atoms with van der Waals surface area (Å²) in [6.07, 6.45) is 1.50. The van der Waals surface area contributed by atoms with Gasteiger partial charge in [0, 0.05) is 16.7 Å². The lowest BCUT2D eigenvalue weighted by Gasteiger charge is -2.26. The lowest BCUT2D eigenvalue weighted by atomic mass is 10.2. The van der Waals surface area contributed by atoms with Crippen LogP contribution >= 0.6 is 27.5 Å². The van der Waals surface area contributed by atoms with Crippen LogP contribution in [-0.2, 0) is 9.53 Å². The van der Waals surface area contributed by atoms with Crippen molar-refractivity contribution in [3.8, 4) is 0 Å². The highest BCUT2D eigenvalue weighted by atomic mass is 79.9. The summed E-state index contributed by atoms with van der Waals surface area (Å²) in [5.41, 5.74) is 0.249. The van der Waals surface area contributed by atoms with E-state index < -0.39 is 5.97 Å². The number of pyridine rings is 1. The lowest BCUT2D eigenvalue weighted by Crippen LogP contribution is -2.41. The first-order valence-corrected chi connectivity index (χ1v) is 7.31. The van der Waals surface area contributed by atoms with Crippen LogP contribution in [0.25, 0.3) is 0 Å².